The Morgan fingerprint density at radius 1 is 1.36 bits per heavy atom. The summed E-state index contributed by atoms with van der Waals surface area (Å²) < 4.78 is 0. The third kappa shape index (κ3) is 3.88. The minimum Gasteiger partial charge on any atom is -0.310 e. The molecule has 0 unspecified atom stereocenters. The molecule has 0 saturated carbocycles. The van der Waals surface area contributed by atoms with Crippen LogP contribution >= 0.6 is 0 Å². The molecule has 1 heterocycles. The van der Waals surface area contributed by atoms with Gasteiger partial charge in [0.15, 0.2) is 0 Å². The van der Waals surface area contributed by atoms with E-state index < -0.39 is 0 Å². The van der Waals surface area contributed by atoms with Crippen LogP contribution in [0.15, 0.2) is 24.5 Å². The third-order valence-corrected chi connectivity index (χ3v) is 2.36. The first-order valence-corrected chi connectivity index (χ1v) is 5.33. The minimum atomic E-state index is 0.405. The highest BCUT2D eigenvalue weighted by Crippen LogP contribution is 2.10. The standard InChI is InChI=1S/C12H20N2/c1-10(2)6-8-14-11(3)12-5-4-7-13-9-12/h4-5,7,9-11,14H,6,8H2,1-3H3/t11-/m1/s1. The second kappa shape index (κ2) is 5.76. The number of pyridine rings is 1. The van der Waals surface area contributed by atoms with Gasteiger partial charge in [-0.15, -0.1) is 0 Å². The SMILES string of the molecule is CC(C)CCN[C@H](C)c1cccnc1. The van der Waals surface area contributed by atoms with Crippen LogP contribution < -0.4 is 5.32 Å². The summed E-state index contributed by atoms with van der Waals surface area (Å²) in [6.45, 7) is 7.75. The van der Waals surface area contributed by atoms with Gasteiger partial charge in [0, 0.05) is 18.4 Å². The molecule has 1 N–H and O–H groups in total. The molecule has 0 bridgehead atoms. The van der Waals surface area contributed by atoms with Crippen LogP contribution in [0, 0.1) is 5.92 Å². The number of hydrogen-bond donors (Lipinski definition) is 1. The minimum absolute atomic E-state index is 0.405. The highest BCUT2D eigenvalue weighted by Gasteiger charge is 2.03. The van der Waals surface area contributed by atoms with E-state index in [4.69, 9.17) is 0 Å². The zero-order valence-electron chi connectivity index (χ0n) is 9.33. The molecule has 1 atom stereocenters. The highest BCUT2D eigenvalue weighted by atomic mass is 14.9. The average Bonchev–Trinajstić information content (AvgIpc) is 2.18. The van der Waals surface area contributed by atoms with Gasteiger partial charge in [-0.1, -0.05) is 19.9 Å². The fourth-order valence-electron chi connectivity index (χ4n) is 1.34. The molecule has 0 radical (unpaired) electrons. The Balaban J connectivity index is 2.32. The van der Waals surface area contributed by atoms with Crippen LogP contribution in [-0.2, 0) is 0 Å². The van der Waals surface area contributed by atoms with E-state index in [1.807, 2.05) is 18.5 Å². The molecule has 0 aliphatic carbocycles. The normalized spacial score (nSPS) is 13.1. The molecule has 2 heteroatoms. The van der Waals surface area contributed by atoms with Gasteiger partial charge in [0.2, 0.25) is 0 Å². The maximum atomic E-state index is 4.11. The van der Waals surface area contributed by atoms with Crippen molar-refractivity contribution in [3.63, 3.8) is 0 Å². The fourth-order valence-corrected chi connectivity index (χ4v) is 1.34. The van der Waals surface area contributed by atoms with E-state index in [2.05, 4.69) is 37.1 Å². The molecular formula is C12H20N2. The lowest BCUT2D eigenvalue weighted by Gasteiger charge is -2.14. The second-order valence-corrected chi connectivity index (χ2v) is 4.14. The lowest BCUT2D eigenvalue weighted by atomic mass is 10.1. The van der Waals surface area contributed by atoms with Crippen LogP contribution in [0.5, 0.6) is 0 Å². The maximum absolute atomic E-state index is 4.11. The van der Waals surface area contributed by atoms with Gasteiger partial charge < -0.3 is 5.32 Å². The van der Waals surface area contributed by atoms with Crippen molar-refractivity contribution >= 4 is 0 Å². The molecule has 0 aromatic carbocycles. The summed E-state index contributed by atoms with van der Waals surface area (Å²) in [4.78, 5) is 4.11. The molecule has 0 spiro atoms. The van der Waals surface area contributed by atoms with Gasteiger partial charge >= 0.3 is 0 Å². The number of rotatable bonds is 5. The Kier molecular flexibility index (Phi) is 4.60. The largest absolute Gasteiger partial charge is 0.310 e. The Bertz CT molecular complexity index is 244. The maximum Gasteiger partial charge on any atom is 0.0315 e. The highest BCUT2D eigenvalue weighted by molar-refractivity contribution is 5.12. The number of hydrogen-bond acceptors (Lipinski definition) is 2. The fraction of sp³-hybridized carbons (Fsp3) is 0.583. The number of nitrogens with one attached hydrogen (secondary N) is 1. The van der Waals surface area contributed by atoms with Gasteiger partial charge in [0.25, 0.3) is 0 Å². The lowest BCUT2D eigenvalue weighted by molar-refractivity contribution is 0.496. The summed E-state index contributed by atoms with van der Waals surface area (Å²) in [7, 11) is 0. The van der Waals surface area contributed by atoms with Gasteiger partial charge in [-0.25, -0.2) is 0 Å². The lowest BCUT2D eigenvalue weighted by Crippen LogP contribution is -2.20. The Morgan fingerprint density at radius 2 is 2.14 bits per heavy atom. The first-order valence-electron chi connectivity index (χ1n) is 5.33. The van der Waals surface area contributed by atoms with E-state index in [0.717, 1.165) is 12.5 Å². The van der Waals surface area contributed by atoms with Crippen molar-refractivity contribution < 1.29 is 0 Å². The average molecular weight is 192 g/mol. The molecule has 14 heavy (non-hydrogen) atoms. The van der Waals surface area contributed by atoms with Crippen molar-refractivity contribution in [1.82, 2.24) is 10.3 Å². The number of nitrogens with zero attached hydrogens (tertiary/aromatic N) is 1. The molecule has 1 rings (SSSR count). The van der Waals surface area contributed by atoms with Gasteiger partial charge in [-0.3, -0.25) is 4.98 Å². The first kappa shape index (κ1) is 11.2. The Labute approximate surface area is 86.8 Å². The van der Waals surface area contributed by atoms with Gasteiger partial charge in [0.1, 0.15) is 0 Å². The van der Waals surface area contributed by atoms with E-state index in [-0.39, 0.29) is 0 Å². The van der Waals surface area contributed by atoms with Crippen molar-refractivity contribution in [1.29, 1.82) is 0 Å². The second-order valence-electron chi connectivity index (χ2n) is 4.14. The molecular weight excluding hydrogens is 172 g/mol. The predicted octanol–water partition coefficient (Wildman–Crippen LogP) is 2.78. The molecule has 1 aromatic rings. The topological polar surface area (TPSA) is 24.9 Å². The van der Waals surface area contributed by atoms with Gasteiger partial charge in [-0.2, -0.15) is 0 Å². The van der Waals surface area contributed by atoms with E-state index >= 15 is 0 Å². The van der Waals surface area contributed by atoms with Crippen molar-refractivity contribution in [2.24, 2.45) is 5.92 Å². The van der Waals surface area contributed by atoms with Crippen LogP contribution in [-0.4, -0.2) is 11.5 Å². The predicted molar refractivity (Wildman–Crippen MR) is 60.1 cm³/mol. The summed E-state index contributed by atoms with van der Waals surface area (Å²) in [6.07, 6.45) is 4.96. The molecule has 78 valence electrons. The molecule has 0 aliphatic heterocycles. The smallest absolute Gasteiger partial charge is 0.0315 e. The van der Waals surface area contributed by atoms with Crippen molar-refractivity contribution in [3.05, 3.63) is 30.1 Å². The van der Waals surface area contributed by atoms with Crippen LogP contribution in [0.1, 0.15) is 38.8 Å². The van der Waals surface area contributed by atoms with Crippen LogP contribution in [0.3, 0.4) is 0 Å². The summed E-state index contributed by atoms with van der Waals surface area (Å²) in [5, 5.41) is 3.49. The van der Waals surface area contributed by atoms with E-state index in [0.29, 0.717) is 6.04 Å². The van der Waals surface area contributed by atoms with Crippen LogP contribution in [0.4, 0.5) is 0 Å². The van der Waals surface area contributed by atoms with Crippen LogP contribution in [0.2, 0.25) is 0 Å². The third-order valence-electron chi connectivity index (χ3n) is 2.36. The molecule has 0 aliphatic rings. The zero-order valence-corrected chi connectivity index (χ0v) is 9.33. The first-order chi connectivity index (χ1) is 6.70. The van der Waals surface area contributed by atoms with Crippen LogP contribution in [0.25, 0.3) is 0 Å². The molecule has 1 aromatic heterocycles. The van der Waals surface area contributed by atoms with Crippen molar-refractivity contribution in [2.75, 3.05) is 6.54 Å². The zero-order chi connectivity index (χ0) is 10.4. The van der Waals surface area contributed by atoms with Gasteiger partial charge in [0.05, 0.1) is 0 Å². The van der Waals surface area contributed by atoms with Crippen molar-refractivity contribution in [3.8, 4) is 0 Å². The summed E-state index contributed by atoms with van der Waals surface area (Å²) in [5.74, 6) is 0.767. The summed E-state index contributed by atoms with van der Waals surface area (Å²) in [5.41, 5.74) is 1.26. The van der Waals surface area contributed by atoms with Crippen molar-refractivity contribution in [2.45, 2.75) is 33.2 Å². The van der Waals surface area contributed by atoms with Gasteiger partial charge in [-0.05, 0) is 37.4 Å². The Hall–Kier alpha value is -0.890. The monoisotopic (exact) mass is 192 g/mol. The summed E-state index contributed by atoms with van der Waals surface area (Å²) in [6, 6.07) is 4.50. The molecule has 0 amide bonds. The quantitative estimate of drug-likeness (QED) is 0.776. The summed E-state index contributed by atoms with van der Waals surface area (Å²) >= 11 is 0. The Morgan fingerprint density at radius 3 is 2.71 bits per heavy atom. The molecule has 0 fully saturated rings. The van der Waals surface area contributed by atoms with E-state index in [9.17, 15) is 0 Å². The number of aromatic nitrogens is 1. The molecule has 0 saturated heterocycles. The molecule has 2 nitrogen and oxygen atoms in total. The van der Waals surface area contributed by atoms with E-state index in [1.165, 1.54) is 12.0 Å². The van der Waals surface area contributed by atoms with E-state index in [1.54, 1.807) is 0 Å².